The molecule has 9 heteroatoms. The summed E-state index contributed by atoms with van der Waals surface area (Å²) in [7, 11) is 0. The first-order valence-corrected chi connectivity index (χ1v) is 8.34. The summed E-state index contributed by atoms with van der Waals surface area (Å²) in [4.78, 5) is 4.48. The van der Waals surface area contributed by atoms with E-state index >= 15 is 0 Å². The van der Waals surface area contributed by atoms with Crippen LogP contribution in [-0.4, -0.2) is 55.8 Å². The Morgan fingerprint density at radius 1 is 1.21 bits per heavy atom. The second kappa shape index (κ2) is 6.67. The summed E-state index contributed by atoms with van der Waals surface area (Å²) in [6, 6.07) is 3.33. The third-order valence-electron chi connectivity index (χ3n) is 3.88. The topological polar surface area (TPSA) is 99.8 Å². The number of aliphatic hydroxyl groups is 3. The summed E-state index contributed by atoms with van der Waals surface area (Å²) in [5.74, 6) is 0.450. The molecule has 0 amide bonds. The first-order chi connectivity index (χ1) is 11.3. The third-order valence-corrected chi connectivity index (χ3v) is 4.60. The molecule has 132 valence electrons. The van der Waals surface area contributed by atoms with Gasteiger partial charge in [-0.05, 0) is 26.0 Å². The van der Waals surface area contributed by atoms with Crippen molar-refractivity contribution in [1.82, 2.24) is 9.55 Å². The van der Waals surface area contributed by atoms with Crippen LogP contribution in [0.4, 0.5) is 5.95 Å². The number of fused-ring (bicyclic) bond motifs is 1. The lowest BCUT2D eigenvalue weighted by molar-refractivity contribution is -0.209. The minimum atomic E-state index is -1.33. The minimum absolute atomic E-state index is 0.0720. The van der Waals surface area contributed by atoms with Crippen molar-refractivity contribution in [2.24, 2.45) is 0 Å². The van der Waals surface area contributed by atoms with E-state index in [2.05, 4.69) is 10.3 Å². The van der Waals surface area contributed by atoms with Crippen LogP contribution in [0.25, 0.3) is 11.0 Å². The lowest BCUT2D eigenvalue weighted by Gasteiger charge is -2.36. The number of anilines is 1. The number of aliphatic hydroxyl groups excluding tert-OH is 3. The van der Waals surface area contributed by atoms with Crippen molar-refractivity contribution in [3.63, 3.8) is 0 Å². The lowest BCUT2D eigenvalue weighted by atomic mass is 10.0. The zero-order chi connectivity index (χ0) is 17.6. The molecule has 3 rings (SSSR count). The van der Waals surface area contributed by atoms with Crippen molar-refractivity contribution in [2.75, 3.05) is 11.9 Å². The predicted octanol–water partition coefficient (Wildman–Crippen LogP) is 1.77. The summed E-state index contributed by atoms with van der Waals surface area (Å²) < 4.78 is 7.19. The molecule has 0 spiro atoms. The number of imidazole rings is 1. The van der Waals surface area contributed by atoms with Gasteiger partial charge in [0, 0.05) is 6.04 Å². The smallest absolute Gasteiger partial charge is 0.206 e. The van der Waals surface area contributed by atoms with Gasteiger partial charge < -0.3 is 25.4 Å². The Morgan fingerprint density at radius 2 is 1.88 bits per heavy atom. The molecule has 2 heterocycles. The van der Waals surface area contributed by atoms with Gasteiger partial charge in [-0.2, -0.15) is 0 Å². The molecule has 7 nitrogen and oxygen atoms in total. The molecule has 1 aliphatic heterocycles. The van der Waals surface area contributed by atoms with Crippen LogP contribution in [0.2, 0.25) is 10.0 Å². The van der Waals surface area contributed by atoms with Crippen molar-refractivity contribution < 1.29 is 20.1 Å². The average molecular weight is 376 g/mol. The Kier molecular flexibility index (Phi) is 4.92. The van der Waals surface area contributed by atoms with E-state index in [0.29, 0.717) is 27.0 Å². The van der Waals surface area contributed by atoms with E-state index in [9.17, 15) is 15.3 Å². The summed E-state index contributed by atoms with van der Waals surface area (Å²) >= 11 is 12.2. The van der Waals surface area contributed by atoms with Gasteiger partial charge >= 0.3 is 0 Å². The molecule has 1 saturated heterocycles. The lowest BCUT2D eigenvalue weighted by Crippen LogP contribution is -2.50. The Balaban J connectivity index is 2.15. The number of ether oxygens (including phenoxy) is 1. The first-order valence-electron chi connectivity index (χ1n) is 7.59. The molecule has 0 radical (unpaired) electrons. The van der Waals surface area contributed by atoms with E-state index in [-0.39, 0.29) is 12.6 Å². The maximum atomic E-state index is 10.4. The molecule has 0 unspecified atom stereocenters. The Bertz CT molecular complexity index is 752. The molecule has 0 saturated carbocycles. The zero-order valence-electron chi connectivity index (χ0n) is 13.1. The van der Waals surface area contributed by atoms with Gasteiger partial charge in [-0.15, -0.1) is 0 Å². The molecule has 0 bridgehead atoms. The van der Waals surface area contributed by atoms with E-state index in [1.165, 1.54) is 0 Å². The maximum Gasteiger partial charge on any atom is 0.206 e. The number of aromatic nitrogens is 2. The van der Waals surface area contributed by atoms with Crippen LogP contribution >= 0.6 is 23.2 Å². The number of benzene rings is 1. The maximum absolute atomic E-state index is 10.4. The number of nitrogens with one attached hydrogen (secondary N) is 1. The van der Waals surface area contributed by atoms with Crippen molar-refractivity contribution in [3.8, 4) is 0 Å². The quantitative estimate of drug-likeness (QED) is 0.652. The van der Waals surface area contributed by atoms with Crippen molar-refractivity contribution >= 4 is 40.2 Å². The van der Waals surface area contributed by atoms with E-state index in [4.69, 9.17) is 27.9 Å². The van der Waals surface area contributed by atoms with Gasteiger partial charge in [0.15, 0.2) is 6.23 Å². The second-order valence-corrected chi connectivity index (χ2v) is 6.95. The van der Waals surface area contributed by atoms with Crippen LogP contribution in [0, 0.1) is 0 Å². The van der Waals surface area contributed by atoms with Crippen LogP contribution in [0.1, 0.15) is 20.1 Å². The predicted molar refractivity (Wildman–Crippen MR) is 91.5 cm³/mol. The average Bonchev–Trinajstić information content (AvgIpc) is 2.82. The molecule has 4 N–H and O–H groups in total. The van der Waals surface area contributed by atoms with Gasteiger partial charge in [0.1, 0.15) is 18.3 Å². The molecule has 24 heavy (non-hydrogen) atoms. The van der Waals surface area contributed by atoms with Crippen LogP contribution in [0.15, 0.2) is 12.1 Å². The van der Waals surface area contributed by atoms with Crippen molar-refractivity contribution in [3.05, 3.63) is 22.2 Å². The molecule has 4 atom stereocenters. The number of halogens is 2. The van der Waals surface area contributed by atoms with Gasteiger partial charge in [0.25, 0.3) is 0 Å². The molecular weight excluding hydrogens is 357 g/mol. The van der Waals surface area contributed by atoms with E-state index in [1.54, 1.807) is 16.7 Å². The molecular formula is C15H19Cl2N3O4. The number of rotatable bonds is 3. The Hall–Kier alpha value is -1.09. The standard InChI is InChI=1S/C15H19Cl2N3O4/c1-6(2)18-15-19-9-3-7(16)8(17)4-10(9)20(15)14-13(23)12(22)11(21)5-24-14/h3-4,6,11-14,21-23H,5H2,1-2H3,(H,18,19)/t11-,12-,13-,14+/m1/s1. The second-order valence-electron chi connectivity index (χ2n) is 6.13. The summed E-state index contributed by atoms with van der Waals surface area (Å²) in [6.07, 6.45) is -4.72. The molecule has 2 aromatic rings. The first kappa shape index (κ1) is 17.7. The highest BCUT2D eigenvalue weighted by Gasteiger charge is 2.40. The number of hydrogen-bond donors (Lipinski definition) is 4. The highest BCUT2D eigenvalue weighted by Crippen LogP contribution is 2.35. The fraction of sp³-hybridized carbons (Fsp3) is 0.533. The van der Waals surface area contributed by atoms with Crippen molar-refractivity contribution in [1.29, 1.82) is 0 Å². The highest BCUT2D eigenvalue weighted by atomic mass is 35.5. The Labute approximate surface area is 148 Å². The van der Waals surface area contributed by atoms with Gasteiger partial charge in [-0.25, -0.2) is 4.98 Å². The van der Waals surface area contributed by atoms with E-state index < -0.39 is 24.5 Å². The summed E-state index contributed by atoms with van der Waals surface area (Å²) in [6.45, 7) is 3.78. The van der Waals surface area contributed by atoms with Crippen molar-refractivity contribution in [2.45, 2.75) is 44.4 Å². The van der Waals surface area contributed by atoms with E-state index in [1.807, 2.05) is 13.8 Å². The van der Waals surface area contributed by atoms with Gasteiger partial charge in [-0.1, -0.05) is 23.2 Å². The molecule has 1 aliphatic rings. The fourth-order valence-corrected chi connectivity index (χ4v) is 3.04. The molecule has 1 fully saturated rings. The summed E-state index contributed by atoms with van der Waals surface area (Å²) in [5.41, 5.74) is 1.17. The van der Waals surface area contributed by atoms with Gasteiger partial charge in [0.05, 0.1) is 27.7 Å². The Morgan fingerprint density at radius 3 is 2.54 bits per heavy atom. The minimum Gasteiger partial charge on any atom is -0.388 e. The van der Waals surface area contributed by atoms with Gasteiger partial charge in [-0.3, -0.25) is 4.57 Å². The van der Waals surface area contributed by atoms with Crippen LogP contribution in [0.3, 0.4) is 0 Å². The van der Waals surface area contributed by atoms with E-state index in [0.717, 1.165) is 0 Å². The number of hydrogen-bond acceptors (Lipinski definition) is 6. The van der Waals surface area contributed by atoms with Crippen LogP contribution < -0.4 is 5.32 Å². The molecule has 1 aromatic carbocycles. The normalized spacial score (nSPS) is 27.8. The molecule has 1 aromatic heterocycles. The largest absolute Gasteiger partial charge is 0.388 e. The van der Waals surface area contributed by atoms with Crippen LogP contribution in [0.5, 0.6) is 0 Å². The monoisotopic (exact) mass is 375 g/mol. The summed E-state index contributed by atoms with van der Waals surface area (Å²) in [5, 5.41) is 33.9. The SMILES string of the molecule is CC(C)Nc1nc2cc(Cl)c(Cl)cc2n1[C@H]1OC[C@@H](O)[C@@H](O)[C@H]1O. The van der Waals surface area contributed by atoms with Crippen LogP contribution in [-0.2, 0) is 4.74 Å². The fourth-order valence-electron chi connectivity index (χ4n) is 2.73. The molecule has 0 aliphatic carbocycles. The van der Waals surface area contributed by atoms with Gasteiger partial charge in [0.2, 0.25) is 5.95 Å². The zero-order valence-corrected chi connectivity index (χ0v) is 14.7. The highest BCUT2D eigenvalue weighted by molar-refractivity contribution is 6.42. The number of nitrogens with zero attached hydrogens (tertiary/aromatic N) is 2. The third kappa shape index (κ3) is 3.08.